The first-order valence-electron chi connectivity index (χ1n) is 7.00. The van der Waals surface area contributed by atoms with Crippen LogP contribution in [-0.2, 0) is 23.3 Å². The molecule has 0 aliphatic rings. The summed E-state index contributed by atoms with van der Waals surface area (Å²) in [4.78, 5) is 0. The number of benzene rings is 2. The normalized spacial score (nSPS) is 11.7. The molecule has 0 spiro atoms. The van der Waals surface area contributed by atoms with Crippen LogP contribution in [0.4, 0.5) is 0 Å². The van der Waals surface area contributed by atoms with Crippen LogP contribution in [0.1, 0.15) is 11.1 Å². The molecule has 2 rings (SSSR count). The van der Waals surface area contributed by atoms with E-state index in [-0.39, 0.29) is 0 Å². The number of hydrogen-bond donors (Lipinski definition) is 1. The van der Waals surface area contributed by atoms with Gasteiger partial charge < -0.3 is 0 Å². The summed E-state index contributed by atoms with van der Waals surface area (Å²) >= 11 is 3.24. The zero-order chi connectivity index (χ0) is 15.8. The Balaban J connectivity index is 2.20. The number of nitrogens with zero attached hydrogens (tertiary/aromatic N) is 1. The van der Waals surface area contributed by atoms with Gasteiger partial charge in [0, 0.05) is 25.0 Å². The summed E-state index contributed by atoms with van der Waals surface area (Å²) in [6.45, 7) is 1.04. The molecule has 0 saturated heterocycles. The van der Waals surface area contributed by atoms with Gasteiger partial charge in [-0.25, -0.2) is 4.72 Å². The number of nitrogens with one attached hydrogen (secondary N) is 1. The largest absolute Gasteiger partial charge is 0.280 e. The smallest absolute Gasteiger partial charge is 0.201 e. The summed E-state index contributed by atoms with van der Waals surface area (Å²) in [5.74, 6) is 0. The van der Waals surface area contributed by atoms with Crippen LogP contribution >= 0.6 is 15.9 Å². The van der Waals surface area contributed by atoms with E-state index in [2.05, 4.69) is 20.7 Å². The summed E-state index contributed by atoms with van der Waals surface area (Å²) in [7, 11) is -3.53. The van der Waals surface area contributed by atoms with Crippen molar-refractivity contribution in [2.24, 2.45) is 0 Å². The lowest BCUT2D eigenvalue weighted by Gasteiger charge is -2.22. The van der Waals surface area contributed by atoms with Crippen LogP contribution in [0.5, 0.6) is 0 Å². The Bertz CT molecular complexity index is 622. The molecule has 118 valence electrons. The maximum atomic E-state index is 12.5. The number of halogens is 1. The minimum atomic E-state index is -3.53. The second-order valence-corrected chi connectivity index (χ2v) is 7.38. The Hall–Kier alpha value is -1.21. The minimum absolute atomic E-state index is 0.341. The average Bonchev–Trinajstić information content (AvgIpc) is 2.54. The van der Waals surface area contributed by atoms with E-state index < -0.39 is 10.2 Å². The van der Waals surface area contributed by atoms with E-state index >= 15 is 0 Å². The zero-order valence-corrected chi connectivity index (χ0v) is 14.6. The molecule has 6 heteroatoms. The minimum Gasteiger partial charge on any atom is -0.201 e. The van der Waals surface area contributed by atoms with Gasteiger partial charge in [0.2, 0.25) is 0 Å². The maximum absolute atomic E-state index is 12.5. The first kappa shape index (κ1) is 17.1. The van der Waals surface area contributed by atoms with Crippen molar-refractivity contribution in [3.8, 4) is 0 Å². The van der Waals surface area contributed by atoms with Crippen LogP contribution in [0.2, 0.25) is 0 Å². The molecule has 0 fully saturated rings. The molecular formula is C16H19BrN2O2S. The highest BCUT2D eigenvalue weighted by atomic mass is 79.9. The van der Waals surface area contributed by atoms with Crippen molar-refractivity contribution in [3.63, 3.8) is 0 Å². The lowest BCUT2D eigenvalue weighted by atomic mass is 10.2. The Morgan fingerprint density at radius 1 is 0.864 bits per heavy atom. The molecule has 2 aromatic rings. The fourth-order valence-corrected chi connectivity index (χ4v) is 3.70. The maximum Gasteiger partial charge on any atom is 0.280 e. The Kier molecular flexibility index (Phi) is 6.57. The lowest BCUT2D eigenvalue weighted by Crippen LogP contribution is -2.40. The molecule has 0 bridgehead atoms. The van der Waals surface area contributed by atoms with Gasteiger partial charge in [-0.2, -0.15) is 12.7 Å². The molecule has 0 atom stereocenters. The van der Waals surface area contributed by atoms with E-state index in [4.69, 9.17) is 0 Å². The molecule has 0 unspecified atom stereocenters. The summed E-state index contributed by atoms with van der Waals surface area (Å²) < 4.78 is 29.0. The van der Waals surface area contributed by atoms with E-state index in [0.29, 0.717) is 25.0 Å². The molecule has 2 aromatic carbocycles. The molecule has 0 radical (unpaired) electrons. The third kappa shape index (κ3) is 5.21. The summed E-state index contributed by atoms with van der Waals surface area (Å²) in [5, 5.41) is 0.580. The Morgan fingerprint density at radius 3 is 1.73 bits per heavy atom. The third-order valence-corrected chi connectivity index (χ3v) is 5.03. The van der Waals surface area contributed by atoms with Crippen molar-refractivity contribution >= 4 is 26.1 Å². The molecule has 0 amide bonds. The van der Waals surface area contributed by atoms with Gasteiger partial charge in [-0.15, -0.1) is 0 Å². The standard InChI is InChI=1S/C16H19BrN2O2S/c17-11-12-18-22(20,21)19(13-15-7-3-1-4-8-15)14-16-9-5-2-6-10-16/h1-10,18H,11-14H2. The summed E-state index contributed by atoms with van der Waals surface area (Å²) in [6.07, 6.45) is 0. The fraction of sp³-hybridized carbons (Fsp3) is 0.250. The van der Waals surface area contributed by atoms with Crippen molar-refractivity contribution in [2.45, 2.75) is 13.1 Å². The first-order valence-corrected chi connectivity index (χ1v) is 9.56. The van der Waals surface area contributed by atoms with Crippen LogP contribution in [0, 0.1) is 0 Å². The molecule has 0 aliphatic carbocycles. The fourth-order valence-electron chi connectivity index (χ4n) is 2.06. The van der Waals surface area contributed by atoms with Gasteiger partial charge in [-0.1, -0.05) is 76.6 Å². The van der Waals surface area contributed by atoms with Crippen molar-refractivity contribution in [1.82, 2.24) is 9.03 Å². The summed E-state index contributed by atoms with van der Waals surface area (Å²) in [6, 6.07) is 19.2. The van der Waals surface area contributed by atoms with Crippen molar-refractivity contribution in [1.29, 1.82) is 0 Å². The molecule has 0 saturated carbocycles. The molecule has 0 aliphatic heterocycles. The van der Waals surface area contributed by atoms with Crippen LogP contribution in [-0.4, -0.2) is 24.6 Å². The van der Waals surface area contributed by atoms with Gasteiger partial charge in [-0.3, -0.25) is 0 Å². The highest BCUT2D eigenvalue weighted by molar-refractivity contribution is 9.09. The van der Waals surface area contributed by atoms with Gasteiger partial charge in [-0.05, 0) is 11.1 Å². The molecule has 0 aromatic heterocycles. The highest BCUT2D eigenvalue weighted by Crippen LogP contribution is 2.13. The second-order valence-electron chi connectivity index (χ2n) is 4.83. The first-order chi connectivity index (χ1) is 10.6. The Labute approximate surface area is 140 Å². The van der Waals surface area contributed by atoms with E-state index in [0.717, 1.165) is 11.1 Å². The van der Waals surface area contributed by atoms with Crippen molar-refractivity contribution < 1.29 is 8.42 Å². The van der Waals surface area contributed by atoms with Crippen LogP contribution in [0.3, 0.4) is 0 Å². The SMILES string of the molecule is O=S(=O)(NCCBr)N(Cc1ccccc1)Cc1ccccc1. The predicted molar refractivity (Wildman–Crippen MR) is 92.8 cm³/mol. The van der Waals surface area contributed by atoms with Gasteiger partial charge in [0.1, 0.15) is 0 Å². The second kappa shape index (κ2) is 8.43. The highest BCUT2D eigenvalue weighted by Gasteiger charge is 2.21. The molecule has 0 heterocycles. The quantitative estimate of drug-likeness (QED) is 0.713. The topological polar surface area (TPSA) is 49.4 Å². The van der Waals surface area contributed by atoms with E-state index in [1.807, 2.05) is 60.7 Å². The predicted octanol–water partition coefficient (Wildman–Crippen LogP) is 2.92. The van der Waals surface area contributed by atoms with E-state index in [9.17, 15) is 8.42 Å². The van der Waals surface area contributed by atoms with Gasteiger partial charge in [0.05, 0.1) is 0 Å². The molecule has 4 nitrogen and oxygen atoms in total. The monoisotopic (exact) mass is 382 g/mol. The number of rotatable bonds is 8. The molecule has 1 N–H and O–H groups in total. The average molecular weight is 383 g/mol. The number of hydrogen-bond acceptors (Lipinski definition) is 2. The summed E-state index contributed by atoms with van der Waals surface area (Å²) in [5.41, 5.74) is 1.92. The zero-order valence-electron chi connectivity index (χ0n) is 12.2. The van der Waals surface area contributed by atoms with E-state index in [1.165, 1.54) is 4.31 Å². The lowest BCUT2D eigenvalue weighted by molar-refractivity contribution is 0.394. The van der Waals surface area contributed by atoms with Crippen LogP contribution in [0.15, 0.2) is 60.7 Å². The van der Waals surface area contributed by atoms with Crippen LogP contribution in [0.25, 0.3) is 0 Å². The third-order valence-electron chi connectivity index (χ3n) is 3.12. The van der Waals surface area contributed by atoms with Gasteiger partial charge >= 0.3 is 0 Å². The van der Waals surface area contributed by atoms with Gasteiger partial charge in [0.25, 0.3) is 10.2 Å². The van der Waals surface area contributed by atoms with Gasteiger partial charge in [0.15, 0.2) is 0 Å². The number of alkyl halides is 1. The van der Waals surface area contributed by atoms with Crippen molar-refractivity contribution in [2.75, 3.05) is 11.9 Å². The Morgan fingerprint density at radius 2 is 1.32 bits per heavy atom. The van der Waals surface area contributed by atoms with Crippen LogP contribution < -0.4 is 4.72 Å². The molecular weight excluding hydrogens is 364 g/mol. The van der Waals surface area contributed by atoms with Crippen molar-refractivity contribution in [3.05, 3.63) is 71.8 Å². The van der Waals surface area contributed by atoms with E-state index in [1.54, 1.807) is 0 Å². The molecule has 22 heavy (non-hydrogen) atoms.